The predicted octanol–water partition coefficient (Wildman–Crippen LogP) is 6.82. The number of thioether (sulfide) groups is 1. The van der Waals surface area contributed by atoms with E-state index >= 15 is 0 Å². The topological polar surface area (TPSA) is 67.8 Å². The monoisotopic (exact) mass is 492 g/mol. The van der Waals surface area contributed by atoms with Crippen LogP contribution in [0.15, 0.2) is 120 Å². The number of hydrogen-bond donors (Lipinski definition) is 1. The standard InChI is InChI=1S/C29H21FN4OS/c30-23-16-18-24(19-17-23)31-28(35)27(22-14-8-3-9-15-22)36-29-32-25(20-10-4-1-5-11-20)26(33-34-29)21-12-6-2-7-13-21/h1-19,27H,(H,31,35). The van der Waals surface area contributed by atoms with Gasteiger partial charge in [0, 0.05) is 16.8 Å². The van der Waals surface area contributed by atoms with Gasteiger partial charge in [-0.15, -0.1) is 10.2 Å². The van der Waals surface area contributed by atoms with Crippen LogP contribution in [0.1, 0.15) is 10.8 Å². The first-order valence-corrected chi connectivity index (χ1v) is 12.2. The number of halogens is 1. The van der Waals surface area contributed by atoms with Gasteiger partial charge in [0.15, 0.2) is 0 Å². The lowest BCUT2D eigenvalue weighted by molar-refractivity contribution is -0.115. The normalized spacial score (nSPS) is 11.6. The minimum absolute atomic E-state index is 0.269. The predicted molar refractivity (Wildman–Crippen MR) is 141 cm³/mol. The van der Waals surface area contributed by atoms with Crippen LogP contribution in [0, 0.1) is 5.82 Å². The SMILES string of the molecule is O=C(Nc1ccc(F)cc1)C(Sc1nnc(-c2ccccc2)c(-c2ccccc2)n1)c1ccccc1. The zero-order valence-electron chi connectivity index (χ0n) is 19.1. The highest BCUT2D eigenvalue weighted by Gasteiger charge is 2.25. The van der Waals surface area contributed by atoms with E-state index in [9.17, 15) is 9.18 Å². The summed E-state index contributed by atoms with van der Waals surface area (Å²) in [5.41, 5.74) is 4.45. The second-order valence-corrected chi connectivity index (χ2v) is 9.00. The van der Waals surface area contributed by atoms with Crippen LogP contribution in [0.2, 0.25) is 0 Å². The molecule has 1 heterocycles. The fraction of sp³-hybridized carbons (Fsp3) is 0.0345. The number of nitrogens with zero attached hydrogens (tertiary/aromatic N) is 3. The quantitative estimate of drug-likeness (QED) is 0.253. The molecule has 4 aromatic carbocycles. The fourth-order valence-electron chi connectivity index (χ4n) is 3.70. The molecule has 0 saturated carbocycles. The first-order chi connectivity index (χ1) is 17.7. The molecule has 7 heteroatoms. The van der Waals surface area contributed by atoms with Crippen LogP contribution in [0.25, 0.3) is 22.5 Å². The van der Waals surface area contributed by atoms with Crippen molar-refractivity contribution in [2.24, 2.45) is 0 Å². The van der Waals surface area contributed by atoms with Crippen LogP contribution >= 0.6 is 11.8 Å². The molecule has 1 atom stereocenters. The minimum Gasteiger partial charge on any atom is -0.325 e. The molecule has 5 rings (SSSR count). The third-order valence-corrected chi connectivity index (χ3v) is 6.54. The fourth-order valence-corrected chi connectivity index (χ4v) is 4.60. The van der Waals surface area contributed by atoms with Gasteiger partial charge in [-0.25, -0.2) is 9.37 Å². The summed E-state index contributed by atoms with van der Waals surface area (Å²) >= 11 is 1.21. The van der Waals surface area contributed by atoms with Crippen molar-refractivity contribution in [2.75, 3.05) is 5.32 Å². The van der Waals surface area contributed by atoms with Gasteiger partial charge in [-0.2, -0.15) is 0 Å². The summed E-state index contributed by atoms with van der Waals surface area (Å²) in [5, 5.41) is 11.5. The Labute approximate surface area is 212 Å². The number of amides is 1. The molecule has 176 valence electrons. The maximum atomic E-state index is 13.3. The molecule has 0 fully saturated rings. The highest BCUT2D eigenvalue weighted by molar-refractivity contribution is 8.00. The number of benzene rings is 4. The summed E-state index contributed by atoms with van der Waals surface area (Å²) in [5.74, 6) is -0.636. The molecular weight excluding hydrogens is 471 g/mol. The summed E-state index contributed by atoms with van der Waals surface area (Å²) in [6.07, 6.45) is 0. The number of hydrogen-bond acceptors (Lipinski definition) is 5. The van der Waals surface area contributed by atoms with Gasteiger partial charge >= 0.3 is 0 Å². The average molecular weight is 493 g/mol. The molecule has 0 saturated heterocycles. The highest BCUT2D eigenvalue weighted by atomic mass is 32.2. The number of anilines is 1. The molecule has 0 aliphatic heterocycles. The molecule has 5 aromatic rings. The average Bonchev–Trinajstić information content (AvgIpc) is 2.94. The van der Waals surface area contributed by atoms with Crippen LogP contribution in [0.4, 0.5) is 10.1 Å². The largest absolute Gasteiger partial charge is 0.325 e. The van der Waals surface area contributed by atoms with Crippen molar-refractivity contribution in [3.05, 3.63) is 127 Å². The molecule has 0 spiro atoms. The van der Waals surface area contributed by atoms with Crippen LogP contribution in [-0.2, 0) is 4.79 Å². The van der Waals surface area contributed by atoms with Crippen molar-refractivity contribution in [3.63, 3.8) is 0 Å². The van der Waals surface area contributed by atoms with E-state index in [2.05, 4.69) is 15.5 Å². The van der Waals surface area contributed by atoms with Gasteiger partial charge < -0.3 is 5.32 Å². The molecule has 0 aliphatic carbocycles. The second-order valence-electron chi connectivity index (χ2n) is 7.93. The van der Waals surface area contributed by atoms with E-state index in [0.717, 1.165) is 16.7 Å². The third kappa shape index (κ3) is 5.47. The Morgan fingerprint density at radius 1 is 0.694 bits per heavy atom. The molecule has 1 amide bonds. The maximum Gasteiger partial charge on any atom is 0.242 e. The van der Waals surface area contributed by atoms with E-state index in [4.69, 9.17) is 4.98 Å². The van der Waals surface area contributed by atoms with E-state index in [-0.39, 0.29) is 11.7 Å². The molecular formula is C29H21FN4OS. The lowest BCUT2D eigenvalue weighted by Crippen LogP contribution is -2.19. The van der Waals surface area contributed by atoms with E-state index in [0.29, 0.717) is 22.2 Å². The van der Waals surface area contributed by atoms with Crippen LogP contribution < -0.4 is 5.32 Å². The molecule has 1 aromatic heterocycles. The molecule has 36 heavy (non-hydrogen) atoms. The van der Waals surface area contributed by atoms with E-state index in [1.165, 1.54) is 36.0 Å². The molecule has 0 aliphatic rings. The lowest BCUT2D eigenvalue weighted by Gasteiger charge is -2.17. The number of nitrogens with one attached hydrogen (secondary N) is 1. The van der Waals surface area contributed by atoms with Crippen LogP contribution in [0.5, 0.6) is 0 Å². The van der Waals surface area contributed by atoms with Gasteiger partial charge in [0.2, 0.25) is 11.1 Å². The third-order valence-electron chi connectivity index (χ3n) is 5.44. The molecule has 0 radical (unpaired) electrons. The van der Waals surface area contributed by atoms with Crippen molar-refractivity contribution >= 4 is 23.4 Å². The Hall–Kier alpha value is -4.36. The number of carbonyl (C=O) groups is 1. The van der Waals surface area contributed by atoms with Gasteiger partial charge in [-0.05, 0) is 29.8 Å². The Morgan fingerprint density at radius 3 is 1.86 bits per heavy atom. The summed E-state index contributed by atoms with van der Waals surface area (Å²) in [6, 6.07) is 34.6. The van der Waals surface area contributed by atoms with Crippen molar-refractivity contribution in [3.8, 4) is 22.5 Å². The van der Waals surface area contributed by atoms with E-state index in [1.54, 1.807) is 0 Å². The number of aromatic nitrogens is 3. The van der Waals surface area contributed by atoms with Gasteiger partial charge in [0.25, 0.3) is 0 Å². The maximum absolute atomic E-state index is 13.3. The number of carbonyl (C=O) groups excluding carboxylic acids is 1. The van der Waals surface area contributed by atoms with Crippen LogP contribution in [0.3, 0.4) is 0 Å². The van der Waals surface area contributed by atoms with E-state index in [1.807, 2.05) is 91.0 Å². The molecule has 1 N–H and O–H groups in total. The smallest absolute Gasteiger partial charge is 0.242 e. The molecule has 0 bridgehead atoms. The summed E-state index contributed by atoms with van der Waals surface area (Å²) in [7, 11) is 0. The highest BCUT2D eigenvalue weighted by Crippen LogP contribution is 2.36. The Morgan fingerprint density at radius 2 is 1.25 bits per heavy atom. The van der Waals surface area contributed by atoms with Crippen molar-refractivity contribution in [2.45, 2.75) is 10.4 Å². The first kappa shape index (κ1) is 23.4. The Bertz CT molecular complexity index is 1450. The van der Waals surface area contributed by atoms with Crippen LogP contribution in [-0.4, -0.2) is 21.1 Å². The van der Waals surface area contributed by atoms with Crippen molar-refractivity contribution < 1.29 is 9.18 Å². The number of rotatable bonds is 7. The van der Waals surface area contributed by atoms with Crippen molar-refractivity contribution in [1.29, 1.82) is 0 Å². The van der Waals surface area contributed by atoms with Gasteiger partial charge in [-0.3, -0.25) is 4.79 Å². The van der Waals surface area contributed by atoms with Gasteiger partial charge in [0.05, 0.1) is 0 Å². The zero-order chi connectivity index (χ0) is 24.7. The summed E-state index contributed by atoms with van der Waals surface area (Å²) in [4.78, 5) is 18.2. The Kier molecular flexibility index (Phi) is 7.10. The molecule has 1 unspecified atom stereocenters. The lowest BCUT2D eigenvalue weighted by atomic mass is 10.0. The summed E-state index contributed by atoms with van der Waals surface area (Å²) < 4.78 is 13.3. The summed E-state index contributed by atoms with van der Waals surface area (Å²) in [6.45, 7) is 0. The molecule has 5 nitrogen and oxygen atoms in total. The first-order valence-electron chi connectivity index (χ1n) is 11.3. The zero-order valence-corrected chi connectivity index (χ0v) is 19.9. The van der Waals surface area contributed by atoms with Gasteiger partial charge in [-0.1, -0.05) is 103 Å². The van der Waals surface area contributed by atoms with Gasteiger partial charge in [0.1, 0.15) is 22.5 Å². The minimum atomic E-state index is -0.649. The van der Waals surface area contributed by atoms with E-state index < -0.39 is 5.25 Å². The second kappa shape index (κ2) is 10.9. The Balaban J connectivity index is 1.51. The van der Waals surface area contributed by atoms with Crippen molar-refractivity contribution in [1.82, 2.24) is 15.2 Å².